The van der Waals surface area contributed by atoms with Crippen LogP contribution >= 0.6 is 0 Å². The number of carbonyl (C=O) groups excluding carboxylic acids is 1. The molecule has 0 bridgehead atoms. The van der Waals surface area contributed by atoms with Crippen molar-refractivity contribution in [1.82, 2.24) is 0 Å². The molecule has 0 amide bonds. The van der Waals surface area contributed by atoms with Crippen LogP contribution in [0.3, 0.4) is 0 Å². The summed E-state index contributed by atoms with van der Waals surface area (Å²) in [5.74, 6) is 0.235. The number of alkyl halides is 1. The predicted octanol–water partition coefficient (Wildman–Crippen LogP) is 5.04. The maximum Gasteiger partial charge on any atom is 0.166 e. The van der Waals surface area contributed by atoms with E-state index in [4.69, 9.17) is 0 Å². The Kier molecular flexibility index (Phi) is 5.50. The van der Waals surface area contributed by atoms with E-state index in [1.54, 1.807) is 0 Å². The fourth-order valence-corrected chi connectivity index (χ4v) is 3.73. The Balaban J connectivity index is 0.00000182. The molecule has 2 nitrogen and oxygen atoms in total. The zero-order chi connectivity index (χ0) is 16.5. The largest absolute Gasteiger partial charge is 0.294 e. The molecule has 2 aromatic carbocycles. The number of rotatable bonds is 3. The van der Waals surface area contributed by atoms with Gasteiger partial charge < -0.3 is 0 Å². The Labute approximate surface area is 157 Å². The average molecular weight is 379 g/mol. The third-order valence-corrected chi connectivity index (χ3v) is 5.14. The molecule has 0 aromatic heterocycles. The molecule has 1 atom stereocenters. The van der Waals surface area contributed by atoms with Crippen molar-refractivity contribution >= 4 is 17.7 Å². The summed E-state index contributed by atoms with van der Waals surface area (Å²) in [5.41, 5.74) is 3.88. The van der Waals surface area contributed by atoms with Crippen LogP contribution in [0.5, 0.6) is 0 Å². The monoisotopic (exact) mass is 379 g/mol. The fourth-order valence-electron chi connectivity index (χ4n) is 3.73. The summed E-state index contributed by atoms with van der Waals surface area (Å²) in [5, 5.41) is 0. The van der Waals surface area contributed by atoms with E-state index < -0.39 is 6.17 Å². The number of benzene rings is 2. The molecule has 1 radical (unpaired) electrons. The molecule has 4 rings (SSSR count). The van der Waals surface area contributed by atoms with Crippen molar-refractivity contribution in [3.05, 3.63) is 65.2 Å². The van der Waals surface area contributed by atoms with Crippen molar-refractivity contribution in [1.29, 1.82) is 0 Å². The van der Waals surface area contributed by atoms with Gasteiger partial charge in [-0.05, 0) is 37.3 Å². The summed E-state index contributed by atoms with van der Waals surface area (Å²) in [6.45, 7) is 0. The number of Topliss-reactive ketones (excluding diaryl/α,β-unsaturated/α-hetero) is 1. The summed E-state index contributed by atoms with van der Waals surface area (Å²) >= 11 is 0. The first kappa shape index (κ1) is 18.0. The molecule has 1 aliphatic heterocycles. The maximum atomic E-state index is 13.3. The van der Waals surface area contributed by atoms with E-state index in [2.05, 4.69) is 11.1 Å². The molecule has 1 heterocycles. The van der Waals surface area contributed by atoms with Gasteiger partial charge in [-0.1, -0.05) is 12.1 Å². The van der Waals surface area contributed by atoms with Crippen LogP contribution in [0.15, 0.2) is 47.5 Å². The number of nitrogens with zero attached hydrogens (tertiary/aromatic N) is 1. The van der Waals surface area contributed by atoms with E-state index in [0.717, 1.165) is 11.3 Å². The molecule has 131 valence electrons. The molecule has 0 N–H and O–H groups in total. The smallest absolute Gasteiger partial charge is 0.166 e. The van der Waals surface area contributed by atoms with Gasteiger partial charge >= 0.3 is 0 Å². The molecule has 2 aromatic rings. The van der Waals surface area contributed by atoms with Gasteiger partial charge in [0.2, 0.25) is 0 Å². The van der Waals surface area contributed by atoms with Crippen molar-refractivity contribution in [3.63, 3.8) is 0 Å². The Bertz CT molecular complexity index is 782. The first-order valence-corrected chi connectivity index (χ1v) is 8.55. The summed E-state index contributed by atoms with van der Waals surface area (Å²) in [7, 11) is 0. The molecular formula is C21H19CoFNO-. The number of aliphatic imine (C=N–C) groups is 1. The molecule has 1 aliphatic carbocycles. The minimum atomic E-state index is -0.734. The minimum absolute atomic E-state index is 0. The van der Waals surface area contributed by atoms with E-state index in [9.17, 15) is 9.18 Å². The number of carbonyl (C=O) groups is 1. The second-order valence-corrected chi connectivity index (χ2v) is 6.68. The van der Waals surface area contributed by atoms with Gasteiger partial charge in [0, 0.05) is 40.4 Å². The third kappa shape index (κ3) is 3.60. The molecule has 0 saturated heterocycles. The second kappa shape index (κ2) is 7.62. The molecule has 1 saturated carbocycles. The van der Waals surface area contributed by atoms with Crippen molar-refractivity contribution in [2.45, 2.75) is 37.8 Å². The zero-order valence-corrected chi connectivity index (χ0v) is 14.8. The average Bonchev–Trinajstić information content (AvgIpc) is 3.05. The molecule has 4 heteroatoms. The van der Waals surface area contributed by atoms with Gasteiger partial charge in [0.25, 0.3) is 0 Å². The first-order chi connectivity index (χ1) is 11.7. The molecule has 25 heavy (non-hydrogen) atoms. The van der Waals surface area contributed by atoms with Gasteiger partial charge in [-0.25, -0.2) is 4.39 Å². The van der Waals surface area contributed by atoms with Crippen molar-refractivity contribution in [3.8, 4) is 0 Å². The van der Waals surface area contributed by atoms with Crippen LogP contribution in [0, 0.1) is 12.0 Å². The number of fused-ring (bicyclic) bond motifs is 1. The van der Waals surface area contributed by atoms with E-state index in [-0.39, 0.29) is 34.4 Å². The van der Waals surface area contributed by atoms with Gasteiger partial charge in [-0.2, -0.15) is 30.3 Å². The van der Waals surface area contributed by atoms with E-state index in [1.807, 2.05) is 48.7 Å². The number of ketones is 1. The molecule has 2 aliphatic rings. The van der Waals surface area contributed by atoms with Crippen LogP contribution in [0.25, 0.3) is 0 Å². The van der Waals surface area contributed by atoms with Crippen molar-refractivity contribution < 1.29 is 26.0 Å². The second-order valence-electron chi connectivity index (χ2n) is 6.68. The summed E-state index contributed by atoms with van der Waals surface area (Å²) in [6.07, 6.45) is 3.52. The Morgan fingerprint density at radius 1 is 1.08 bits per heavy atom. The van der Waals surface area contributed by atoms with Crippen LogP contribution in [0.1, 0.15) is 53.1 Å². The van der Waals surface area contributed by atoms with Crippen molar-refractivity contribution in [2.24, 2.45) is 10.9 Å². The molecule has 0 spiro atoms. The van der Waals surface area contributed by atoms with Gasteiger partial charge in [0.1, 0.15) is 6.17 Å². The van der Waals surface area contributed by atoms with Crippen LogP contribution in [-0.2, 0) is 16.8 Å². The number of halogens is 1. The normalized spacial score (nSPS) is 24.4. The van der Waals surface area contributed by atoms with E-state index >= 15 is 0 Å². The molecular weight excluding hydrogens is 360 g/mol. The number of hydrogen-bond acceptors (Lipinski definition) is 2. The molecule has 1 fully saturated rings. The Morgan fingerprint density at radius 3 is 2.52 bits per heavy atom. The van der Waals surface area contributed by atoms with Crippen LogP contribution in [-0.4, -0.2) is 18.2 Å². The van der Waals surface area contributed by atoms with Gasteiger partial charge in [-0.3, -0.25) is 9.79 Å². The first-order valence-electron chi connectivity index (χ1n) is 8.55. The SMILES string of the molecule is O=C(c1ccc2c(c1)N=CC2c1cc[c-]cc1)C1CCC(F)CC1.[Co]. The Hall–Kier alpha value is -1.78. The standard InChI is InChI=1S/C21H19FNO.Co/c22-17-9-6-15(7-10-17)21(24)16-8-11-18-19(13-23-20(18)12-16)14-4-2-1-3-5-14;/h2-5,8,11-13,15,17,19H,6-7,9-10H2;/q-1;. The minimum Gasteiger partial charge on any atom is -0.294 e. The van der Waals surface area contributed by atoms with Gasteiger partial charge in [0.05, 0.1) is 5.69 Å². The van der Waals surface area contributed by atoms with Gasteiger partial charge in [0.15, 0.2) is 5.78 Å². The molecule has 1 unspecified atom stereocenters. The van der Waals surface area contributed by atoms with Crippen LogP contribution in [0.4, 0.5) is 10.1 Å². The van der Waals surface area contributed by atoms with E-state index in [0.29, 0.717) is 31.2 Å². The number of hydrogen-bond donors (Lipinski definition) is 0. The fraction of sp³-hybridized carbons (Fsp3) is 0.333. The topological polar surface area (TPSA) is 29.4 Å². The van der Waals surface area contributed by atoms with Crippen LogP contribution < -0.4 is 0 Å². The van der Waals surface area contributed by atoms with Crippen LogP contribution in [0.2, 0.25) is 0 Å². The van der Waals surface area contributed by atoms with Crippen molar-refractivity contribution in [2.75, 3.05) is 0 Å². The third-order valence-electron chi connectivity index (χ3n) is 5.14. The summed E-state index contributed by atoms with van der Waals surface area (Å²) in [6, 6.07) is 16.7. The maximum absolute atomic E-state index is 13.3. The van der Waals surface area contributed by atoms with E-state index in [1.165, 1.54) is 5.56 Å². The Morgan fingerprint density at radius 2 is 1.80 bits per heavy atom. The quantitative estimate of drug-likeness (QED) is 0.543. The van der Waals surface area contributed by atoms with Gasteiger partial charge in [-0.15, -0.1) is 5.56 Å². The zero-order valence-electron chi connectivity index (χ0n) is 13.7. The summed E-state index contributed by atoms with van der Waals surface area (Å²) < 4.78 is 13.3. The summed E-state index contributed by atoms with van der Waals surface area (Å²) in [4.78, 5) is 17.2. The predicted molar refractivity (Wildman–Crippen MR) is 92.9 cm³/mol.